The molecule has 1 atom stereocenters. The Kier molecular flexibility index (Phi) is 2.95. The normalized spacial score (nSPS) is 19.0. The topological polar surface area (TPSA) is 67.2 Å². The van der Waals surface area contributed by atoms with Gasteiger partial charge in [0.2, 0.25) is 0 Å². The molecule has 5 heteroatoms. The summed E-state index contributed by atoms with van der Waals surface area (Å²) in [4.78, 5) is 11.1. The van der Waals surface area contributed by atoms with Crippen LogP contribution in [-0.2, 0) is 11.3 Å². The summed E-state index contributed by atoms with van der Waals surface area (Å²) in [6.45, 7) is 6.67. The maximum absolute atomic E-state index is 11.1. The van der Waals surface area contributed by atoms with Crippen LogP contribution < -0.4 is 5.32 Å². The van der Waals surface area contributed by atoms with Crippen molar-refractivity contribution in [3.8, 4) is 0 Å². The highest BCUT2D eigenvalue weighted by molar-refractivity contribution is 5.82. The van der Waals surface area contributed by atoms with Gasteiger partial charge in [-0.2, -0.15) is 5.10 Å². The van der Waals surface area contributed by atoms with Gasteiger partial charge in [-0.25, -0.2) is 0 Å². The molecule has 0 spiro atoms. The number of carboxylic acids is 1. The van der Waals surface area contributed by atoms with Gasteiger partial charge in [0, 0.05) is 11.7 Å². The maximum Gasteiger partial charge on any atom is 0.323 e. The van der Waals surface area contributed by atoms with Gasteiger partial charge in [-0.15, -0.1) is 0 Å². The molecule has 5 nitrogen and oxygen atoms in total. The lowest BCUT2D eigenvalue weighted by Gasteiger charge is -2.20. The lowest BCUT2D eigenvalue weighted by Crippen LogP contribution is -2.46. The second-order valence-corrected chi connectivity index (χ2v) is 5.04. The molecule has 17 heavy (non-hydrogen) atoms. The van der Waals surface area contributed by atoms with E-state index in [4.69, 9.17) is 5.11 Å². The molecule has 2 N–H and O–H groups in total. The summed E-state index contributed by atoms with van der Waals surface area (Å²) in [5, 5.41) is 16.7. The summed E-state index contributed by atoms with van der Waals surface area (Å²) in [7, 11) is 0. The first kappa shape index (κ1) is 12.1. The van der Waals surface area contributed by atoms with Gasteiger partial charge in [0.1, 0.15) is 5.54 Å². The van der Waals surface area contributed by atoms with Gasteiger partial charge in [0.15, 0.2) is 0 Å². The van der Waals surface area contributed by atoms with E-state index in [2.05, 4.69) is 10.4 Å². The van der Waals surface area contributed by atoms with Gasteiger partial charge in [-0.3, -0.25) is 14.8 Å². The van der Waals surface area contributed by atoms with Crippen LogP contribution in [0, 0.1) is 13.8 Å². The van der Waals surface area contributed by atoms with Crippen LogP contribution >= 0.6 is 0 Å². The van der Waals surface area contributed by atoms with Crippen molar-refractivity contribution in [2.45, 2.75) is 51.7 Å². The molecule has 94 valence electrons. The Bertz CT molecular complexity index is 435. The van der Waals surface area contributed by atoms with Crippen molar-refractivity contribution in [1.82, 2.24) is 15.1 Å². The molecule has 1 aliphatic carbocycles. The van der Waals surface area contributed by atoms with E-state index in [9.17, 15) is 4.79 Å². The first-order valence-corrected chi connectivity index (χ1v) is 5.95. The fourth-order valence-corrected chi connectivity index (χ4v) is 2.18. The highest BCUT2D eigenvalue weighted by Gasteiger charge is 2.50. The Morgan fingerprint density at radius 2 is 2.29 bits per heavy atom. The average Bonchev–Trinajstić information content (AvgIpc) is 2.90. The Hall–Kier alpha value is -1.36. The molecule has 0 bridgehead atoms. The number of nitrogens with zero attached hydrogens (tertiary/aromatic N) is 2. The van der Waals surface area contributed by atoms with E-state index in [-0.39, 0.29) is 6.04 Å². The van der Waals surface area contributed by atoms with Gasteiger partial charge < -0.3 is 5.11 Å². The summed E-state index contributed by atoms with van der Waals surface area (Å²) < 4.78 is 1.92. The molecule has 0 unspecified atom stereocenters. The molecule has 1 fully saturated rings. The third-order valence-electron chi connectivity index (χ3n) is 3.23. The molecule has 1 aliphatic rings. The van der Waals surface area contributed by atoms with Crippen molar-refractivity contribution in [3.63, 3.8) is 0 Å². The molecular formula is C12H19N3O2. The summed E-state index contributed by atoms with van der Waals surface area (Å²) in [5.74, 6) is -0.738. The Labute approximate surface area is 101 Å². The molecule has 0 aliphatic heterocycles. The van der Waals surface area contributed by atoms with Gasteiger partial charge in [0.05, 0.1) is 12.2 Å². The lowest BCUT2D eigenvalue weighted by molar-refractivity contribution is -0.141. The summed E-state index contributed by atoms with van der Waals surface area (Å²) in [6, 6.07) is 2.13. The predicted molar refractivity (Wildman–Crippen MR) is 63.9 cm³/mol. The summed E-state index contributed by atoms with van der Waals surface area (Å²) >= 11 is 0. The van der Waals surface area contributed by atoms with Crippen LogP contribution in [0.25, 0.3) is 0 Å². The number of nitrogens with one attached hydrogen (secondary N) is 1. The maximum atomic E-state index is 11.1. The van der Waals surface area contributed by atoms with E-state index in [1.807, 2.05) is 31.5 Å². The largest absolute Gasteiger partial charge is 0.480 e. The van der Waals surface area contributed by atoms with E-state index in [1.54, 1.807) is 0 Å². The van der Waals surface area contributed by atoms with Crippen molar-refractivity contribution >= 4 is 5.97 Å². The minimum Gasteiger partial charge on any atom is -0.480 e. The van der Waals surface area contributed by atoms with Gasteiger partial charge in [-0.05, 0) is 39.7 Å². The predicted octanol–water partition coefficient (Wildman–Crippen LogP) is 1.10. The summed E-state index contributed by atoms with van der Waals surface area (Å²) in [5.41, 5.74) is 1.43. The molecule has 1 aromatic rings. The highest BCUT2D eigenvalue weighted by atomic mass is 16.4. The molecule has 1 saturated carbocycles. The van der Waals surface area contributed by atoms with E-state index < -0.39 is 11.5 Å². The SMILES string of the molecule is Cc1cc(C)n(C[C@@H](C)NC2(C(=O)O)CC2)n1. The molecule has 0 saturated heterocycles. The molecule has 0 radical (unpaired) electrons. The second-order valence-electron chi connectivity index (χ2n) is 5.04. The van der Waals surface area contributed by atoms with Crippen molar-refractivity contribution < 1.29 is 9.90 Å². The number of rotatable bonds is 5. The first-order valence-electron chi connectivity index (χ1n) is 5.95. The minimum absolute atomic E-state index is 0.103. The third-order valence-corrected chi connectivity index (χ3v) is 3.23. The fourth-order valence-electron chi connectivity index (χ4n) is 2.18. The quantitative estimate of drug-likeness (QED) is 0.804. The van der Waals surface area contributed by atoms with Gasteiger partial charge >= 0.3 is 5.97 Å². The Balaban J connectivity index is 1.96. The standard InChI is InChI=1S/C12H19N3O2/c1-8-6-10(3)15(14-8)7-9(2)13-12(4-5-12)11(16)17/h6,9,13H,4-5,7H2,1-3H3,(H,16,17)/t9-/m1/s1. The Morgan fingerprint density at radius 3 is 2.71 bits per heavy atom. The number of carboxylic acid groups (broad SMARTS) is 1. The number of aromatic nitrogens is 2. The van der Waals surface area contributed by atoms with Crippen molar-refractivity contribution in [2.75, 3.05) is 0 Å². The average molecular weight is 237 g/mol. The third kappa shape index (κ3) is 2.49. The van der Waals surface area contributed by atoms with Crippen molar-refractivity contribution in [3.05, 3.63) is 17.5 Å². The molecule has 0 amide bonds. The van der Waals surface area contributed by atoms with Crippen LogP contribution in [0.3, 0.4) is 0 Å². The number of aliphatic carboxylic acids is 1. The number of hydrogen-bond acceptors (Lipinski definition) is 3. The first-order chi connectivity index (χ1) is 7.93. The van der Waals surface area contributed by atoms with E-state index >= 15 is 0 Å². The van der Waals surface area contributed by atoms with E-state index in [0.29, 0.717) is 6.54 Å². The van der Waals surface area contributed by atoms with Crippen LogP contribution in [0.15, 0.2) is 6.07 Å². The molecule has 2 rings (SSSR count). The van der Waals surface area contributed by atoms with Crippen molar-refractivity contribution in [2.24, 2.45) is 0 Å². The molecular weight excluding hydrogens is 218 g/mol. The van der Waals surface area contributed by atoms with Gasteiger partial charge in [0.25, 0.3) is 0 Å². The second kappa shape index (κ2) is 4.14. The van der Waals surface area contributed by atoms with Crippen molar-refractivity contribution in [1.29, 1.82) is 0 Å². The summed E-state index contributed by atoms with van der Waals surface area (Å²) in [6.07, 6.45) is 1.45. The lowest BCUT2D eigenvalue weighted by atomic mass is 10.2. The van der Waals surface area contributed by atoms with Crippen LogP contribution in [-0.4, -0.2) is 32.4 Å². The number of aryl methyl sites for hydroxylation is 2. The highest BCUT2D eigenvalue weighted by Crippen LogP contribution is 2.36. The van der Waals surface area contributed by atoms with Crippen LogP contribution in [0.4, 0.5) is 0 Å². The number of hydrogen-bond donors (Lipinski definition) is 2. The fraction of sp³-hybridized carbons (Fsp3) is 0.667. The van der Waals surface area contributed by atoms with Crippen LogP contribution in [0.2, 0.25) is 0 Å². The monoisotopic (exact) mass is 237 g/mol. The molecule has 0 aromatic carbocycles. The van der Waals surface area contributed by atoms with E-state index in [0.717, 1.165) is 24.2 Å². The number of carbonyl (C=O) groups is 1. The zero-order valence-electron chi connectivity index (χ0n) is 10.5. The molecule has 1 aromatic heterocycles. The molecule has 1 heterocycles. The smallest absolute Gasteiger partial charge is 0.323 e. The Morgan fingerprint density at radius 1 is 1.65 bits per heavy atom. The zero-order valence-corrected chi connectivity index (χ0v) is 10.5. The van der Waals surface area contributed by atoms with Gasteiger partial charge in [-0.1, -0.05) is 0 Å². The zero-order chi connectivity index (χ0) is 12.6. The minimum atomic E-state index is -0.738. The van der Waals surface area contributed by atoms with Crippen LogP contribution in [0.5, 0.6) is 0 Å². The van der Waals surface area contributed by atoms with Crippen LogP contribution in [0.1, 0.15) is 31.2 Å². The van der Waals surface area contributed by atoms with E-state index in [1.165, 1.54) is 0 Å².